The molecule has 1 N–H and O–H groups in total. The fourth-order valence-electron chi connectivity index (χ4n) is 2.21. The molecule has 90 valence electrons. The second kappa shape index (κ2) is 4.72. The van der Waals surface area contributed by atoms with Crippen molar-refractivity contribution < 1.29 is 5.11 Å². The summed E-state index contributed by atoms with van der Waals surface area (Å²) in [7, 11) is 0. The van der Waals surface area contributed by atoms with Crippen molar-refractivity contribution in [2.45, 2.75) is 45.8 Å². The van der Waals surface area contributed by atoms with Crippen molar-refractivity contribution in [1.82, 2.24) is 4.98 Å². The minimum atomic E-state index is -0.399. The van der Waals surface area contributed by atoms with Crippen molar-refractivity contribution in [3.8, 4) is 0 Å². The Morgan fingerprint density at radius 1 is 1.56 bits per heavy atom. The van der Waals surface area contributed by atoms with E-state index in [-0.39, 0.29) is 0 Å². The third kappa shape index (κ3) is 2.23. The summed E-state index contributed by atoms with van der Waals surface area (Å²) in [5.41, 5.74) is 0. The van der Waals surface area contributed by atoms with Gasteiger partial charge >= 0.3 is 0 Å². The molecule has 3 nitrogen and oxygen atoms in total. The van der Waals surface area contributed by atoms with Crippen LogP contribution in [0.2, 0.25) is 0 Å². The molecule has 3 atom stereocenters. The molecule has 4 heteroatoms. The van der Waals surface area contributed by atoms with Crippen LogP contribution in [0.5, 0.6) is 0 Å². The Morgan fingerprint density at radius 2 is 2.31 bits per heavy atom. The molecule has 1 aliphatic rings. The van der Waals surface area contributed by atoms with Crippen LogP contribution >= 0.6 is 11.3 Å². The van der Waals surface area contributed by atoms with E-state index in [1.807, 2.05) is 0 Å². The van der Waals surface area contributed by atoms with Crippen molar-refractivity contribution >= 4 is 16.5 Å². The van der Waals surface area contributed by atoms with Crippen LogP contribution in [0.3, 0.4) is 0 Å². The molecular formula is C12H20N2OS. The van der Waals surface area contributed by atoms with E-state index < -0.39 is 6.10 Å². The fourth-order valence-corrected chi connectivity index (χ4v) is 3.18. The molecule has 0 aliphatic carbocycles. The molecule has 1 aliphatic heterocycles. The van der Waals surface area contributed by atoms with Gasteiger partial charge in [0.2, 0.25) is 0 Å². The highest BCUT2D eigenvalue weighted by Gasteiger charge is 2.26. The van der Waals surface area contributed by atoms with Crippen molar-refractivity contribution in [2.75, 3.05) is 11.4 Å². The molecule has 1 aromatic heterocycles. The number of nitrogens with zero attached hydrogens (tertiary/aromatic N) is 2. The third-order valence-corrected chi connectivity index (χ3v) is 4.75. The van der Waals surface area contributed by atoms with Gasteiger partial charge in [0.15, 0.2) is 5.13 Å². The first-order valence-electron chi connectivity index (χ1n) is 6.00. The summed E-state index contributed by atoms with van der Waals surface area (Å²) in [5, 5.41) is 10.6. The smallest absolute Gasteiger partial charge is 0.185 e. The maximum Gasteiger partial charge on any atom is 0.185 e. The number of hydrogen-bond donors (Lipinski definition) is 1. The van der Waals surface area contributed by atoms with Crippen molar-refractivity contribution in [3.05, 3.63) is 11.1 Å². The first-order valence-corrected chi connectivity index (χ1v) is 6.81. The van der Waals surface area contributed by atoms with E-state index in [2.05, 4.69) is 23.7 Å². The van der Waals surface area contributed by atoms with Crippen molar-refractivity contribution in [3.63, 3.8) is 0 Å². The highest BCUT2D eigenvalue weighted by Crippen LogP contribution is 2.33. The van der Waals surface area contributed by atoms with Crippen LogP contribution in [-0.2, 0) is 0 Å². The van der Waals surface area contributed by atoms with E-state index >= 15 is 0 Å². The highest BCUT2D eigenvalue weighted by molar-refractivity contribution is 7.15. The highest BCUT2D eigenvalue weighted by atomic mass is 32.1. The molecule has 0 saturated carbocycles. The fraction of sp³-hybridized carbons (Fsp3) is 0.750. The molecule has 0 amide bonds. The van der Waals surface area contributed by atoms with Gasteiger partial charge in [-0.2, -0.15) is 0 Å². The quantitative estimate of drug-likeness (QED) is 0.863. The molecule has 2 heterocycles. The van der Waals surface area contributed by atoms with Crippen LogP contribution in [0.1, 0.15) is 44.6 Å². The second-order valence-corrected chi connectivity index (χ2v) is 5.82. The number of anilines is 1. The van der Waals surface area contributed by atoms with E-state index in [9.17, 15) is 5.11 Å². The van der Waals surface area contributed by atoms with Crippen LogP contribution in [0.4, 0.5) is 5.13 Å². The SMILES string of the molecule is CC(O)c1cnc(N2CCCC(C)C2C)s1. The van der Waals surface area contributed by atoms with Crippen LogP contribution < -0.4 is 4.90 Å². The molecule has 1 saturated heterocycles. The lowest BCUT2D eigenvalue weighted by Crippen LogP contribution is -2.42. The summed E-state index contributed by atoms with van der Waals surface area (Å²) in [6.07, 6.45) is 3.96. The van der Waals surface area contributed by atoms with Gasteiger partial charge in [-0.25, -0.2) is 4.98 Å². The van der Waals surface area contributed by atoms with Gasteiger partial charge < -0.3 is 10.0 Å². The van der Waals surface area contributed by atoms with E-state index in [0.29, 0.717) is 6.04 Å². The lowest BCUT2D eigenvalue weighted by Gasteiger charge is -2.37. The maximum atomic E-state index is 9.51. The van der Waals surface area contributed by atoms with Gasteiger partial charge in [0, 0.05) is 18.8 Å². The third-order valence-electron chi connectivity index (χ3n) is 3.54. The Balaban J connectivity index is 2.16. The van der Waals surface area contributed by atoms with E-state index in [4.69, 9.17) is 0 Å². The van der Waals surface area contributed by atoms with Crippen molar-refractivity contribution in [2.24, 2.45) is 5.92 Å². The standard InChI is InChI=1S/C12H20N2OS/c1-8-5-4-6-14(9(8)2)12-13-7-11(16-12)10(3)15/h7-10,15H,4-6H2,1-3H3. The normalized spacial score (nSPS) is 28.1. The molecule has 16 heavy (non-hydrogen) atoms. The monoisotopic (exact) mass is 240 g/mol. The Morgan fingerprint density at radius 3 is 2.94 bits per heavy atom. The number of aliphatic hydroxyl groups is 1. The number of aliphatic hydroxyl groups excluding tert-OH is 1. The van der Waals surface area contributed by atoms with Gasteiger partial charge in [0.05, 0.1) is 11.0 Å². The number of thiazole rings is 1. The zero-order valence-electron chi connectivity index (χ0n) is 10.2. The lowest BCUT2D eigenvalue weighted by atomic mass is 9.93. The summed E-state index contributed by atoms with van der Waals surface area (Å²) in [4.78, 5) is 7.77. The van der Waals surface area contributed by atoms with Gasteiger partial charge in [-0.3, -0.25) is 0 Å². The van der Waals surface area contributed by atoms with Gasteiger partial charge in [-0.05, 0) is 32.6 Å². The summed E-state index contributed by atoms with van der Waals surface area (Å²) >= 11 is 1.62. The summed E-state index contributed by atoms with van der Waals surface area (Å²) < 4.78 is 0. The minimum Gasteiger partial charge on any atom is -0.388 e. The number of hydrogen-bond acceptors (Lipinski definition) is 4. The zero-order chi connectivity index (χ0) is 11.7. The Labute approximate surface area is 101 Å². The maximum absolute atomic E-state index is 9.51. The van der Waals surface area contributed by atoms with Crippen LogP contribution in [0.25, 0.3) is 0 Å². The number of piperidine rings is 1. The molecule has 0 bridgehead atoms. The molecule has 1 aromatic rings. The second-order valence-electron chi connectivity index (χ2n) is 4.77. The minimum absolute atomic E-state index is 0.399. The average molecular weight is 240 g/mol. The molecule has 0 aromatic carbocycles. The average Bonchev–Trinajstić information content (AvgIpc) is 2.71. The van der Waals surface area contributed by atoms with Gasteiger partial charge in [-0.15, -0.1) is 0 Å². The molecule has 2 rings (SSSR count). The largest absolute Gasteiger partial charge is 0.388 e. The molecule has 3 unspecified atom stereocenters. The van der Waals surface area contributed by atoms with Crippen molar-refractivity contribution in [1.29, 1.82) is 0 Å². The van der Waals surface area contributed by atoms with Gasteiger partial charge in [0.1, 0.15) is 0 Å². The lowest BCUT2D eigenvalue weighted by molar-refractivity contribution is 0.203. The number of aromatic nitrogens is 1. The summed E-state index contributed by atoms with van der Waals surface area (Å²) in [5.74, 6) is 0.729. The van der Waals surface area contributed by atoms with Crippen LogP contribution in [0.15, 0.2) is 6.20 Å². The Bertz CT molecular complexity index is 351. The Kier molecular flexibility index (Phi) is 3.50. The first kappa shape index (κ1) is 11.9. The summed E-state index contributed by atoms with van der Waals surface area (Å²) in [6, 6.07) is 0.557. The number of rotatable bonds is 2. The van der Waals surface area contributed by atoms with E-state index in [1.165, 1.54) is 12.8 Å². The molecule has 0 radical (unpaired) electrons. The molecular weight excluding hydrogens is 220 g/mol. The predicted octanol–water partition coefficient (Wildman–Crippen LogP) is 2.82. The predicted molar refractivity (Wildman–Crippen MR) is 68.0 cm³/mol. The van der Waals surface area contributed by atoms with E-state index in [1.54, 1.807) is 24.5 Å². The topological polar surface area (TPSA) is 36.4 Å². The summed E-state index contributed by atoms with van der Waals surface area (Å²) in [6.45, 7) is 7.46. The Hall–Kier alpha value is -0.610. The van der Waals surface area contributed by atoms with Crippen LogP contribution in [-0.4, -0.2) is 22.7 Å². The zero-order valence-corrected chi connectivity index (χ0v) is 11.0. The van der Waals surface area contributed by atoms with E-state index in [0.717, 1.165) is 22.5 Å². The van der Waals surface area contributed by atoms with Gasteiger partial charge in [0.25, 0.3) is 0 Å². The molecule has 0 spiro atoms. The molecule has 1 fully saturated rings. The first-order chi connectivity index (χ1) is 7.59. The van der Waals surface area contributed by atoms with Gasteiger partial charge in [-0.1, -0.05) is 18.3 Å². The van der Waals surface area contributed by atoms with Crippen LogP contribution in [0, 0.1) is 5.92 Å².